The van der Waals surface area contributed by atoms with Crippen molar-refractivity contribution in [1.29, 1.82) is 0 Å². The normalized spacial score (nSPS) is 16.0. The maximum absolute atomic E-state index is 13.3. The summed E-state index contributed by atoms with van der Waals surface area (Å²) in [4.78, 5) is 21.7. The minimum Gasteiger partial charge on any atom is -0.337 e. The molecule has 0 N–H and O–H groups in total. The first kappa shape index (κ1) is 24.1. The van der Waals surface area contributed by atoms with E-state index in [1.807, 2.05) is 53.6 Å². The van der Waals surface area contributed by atoms with E-state index in [1.54, 1.807) is 0 Å². The number of amides is 1. The van der Waals surface area contributed by atoms with Gasteiger partial charge in [0.1, 0.15) is 5.69 Å². The van der Waals surface area contributed by atoms with Gasteiger partial charge in [0.2, 0.25) is 11.7 Å². The largest absolute Gasteiger partial charge is 0.416 e. The highest BCUT2D eigenvalue weighted by molar-refractivity contribution is 5.98. The van der Waals surface area contributed by atoms with Crippen LogP contribution >= 0.6 is 0 Å². The first-order valence-corrected chi connectivity index (χ1v) is 11.9. The van der Waals surface area contributed by atoms with Crippen LogP contribution in [0, 0.1) is 0 Å². The third-order valence-corrected chi connectivity index (χ3v) is 6.74. The molecule has 1 aliphatic heterocycles. The number of rotatable bonds is 5. The molecular weight excluding hydrogens is 471 g/mol. The lowest BCUT2D eigenvalue weighted by atomic mass is 10.1. The quantitative estimate of drug-likeness (QED) is 0.377. The van der Waals surface area contributed by atoms with Gasteiger partial charge in [-0.15, -0.1) is 0 Å². The van der Waals surface area contributed by atoms with E-state index in [2.05, 4.69) is 15.0 Å². The van der Waals surface area contributed by atoms with Gasteiger partial charge in [0.05, 0.1) is 11.6 Å². The average molecular weight is 498 g/mol. The van der Waals surface area contributed by atoms with Gasteiger partial charge in [-0.1, -0.05) is 35.5 Å². The molecule has 1 atom stereocenters. The molecule has 1 unspecified atom stereocenters. The highest BCUT2D eigenvalue weighted by Crippen LogP contribution is 2.32. The fraction of sp³-hybridized carbons (Fsp3) is 0.346. The molecule has 0 radical (unpaired) electrons. The summed E-state index contributed by atoms with van der Waals surface area (Å²) in [6.45, 7) is 6.96. The maximum atomic E-state index is 13.3. The first-order chi connectivity index (χ1) is 17.3. The smallest absolute Gasteiger partial charge is 0.337 e. The predicted molar refractivity (Wildman–Crippen MR) is 128 cm³/mol. The molecule has 3 heterocycles. The van der Waals surface area contributed by atoms with E-state index < -0.39 is 11.7 Å². The van der Waals surface area contributed by atoms with Crippen molar-refractivity contribution in [1.82, 2.24) is 24.5 Å². The molecule has 7 nitrogen and oxygen atoms in total. The van der Waals surface area contributed by atoms with E-state index in [1.165, 1.54) is 12.1 Å². The molecule has 0 bridgehead atoms. The van der Waals surface area contributed by atoms with Crippen molar-refractivity contribution in [2.45, 2.75) is 32.6 Å². The number of nitrogens with zero attached hydrogens (tertiary/aromatic N) is 5. The summed E-state index contributed by atoms with van der Waals surface area (Å²) < 4.78 is 46.6. The van der Waals surface area contributed by atoms with E-state index in [0.717, 1.165) is 23.0 Å². The molecule has 1 aliphatic rings. The molecule has 4 aromatic rings. The van der Waals surface area contributed by atoms with Gasteiger partial charge >= 0.3 is 6.18 Å². The van der Waals surface area contributed by atoms with Crippen LogP contribution in [0.25, 0.3) is 22.3 Å². The molecule has 1 fully saturated rings. The van der Waals surface area contributed by atoms with E-state index >= 15 is 0 Å². The van der Waals surface area contributed by atoms with Gasteiger partial charge in [0, 0.05) is 49.2 Å². The molecule has 0 spiro atoms. The summed E-state index contributed by atoms with van der Waals surface area (Å²) >= 11 is 0. The third-order valence-electron chi connectivity index (χ3n) is 6.74. The maximum Gasteiger partial charge on any atom is 0.416 e. The first-order valence-electron chi connectivity index (χ1n) is 11.9. The molecule has 10 heteroatoms. The number of alkyl halides is 3. The zero-order chi connectivity index (χ0) is 25.4. The molecule has 36 heavy (non-hydrogen) atoms. The van der Waals surface area contributed by atoms with Crippen LogP contribution in [0.4, 0.5) is 13.2 Å². The Morgan fingerprint density at radius 1 is 1.06 bits per heavy atom. The van der Waals surface area contributed by atoms with E-state index in [0.29, 0.717) is 44.3 Å². The van der Waals surface area contributed by atoms with Crippen LogP contribution in [0.1, 0.15) is 41.8 Å². The van der Waals surface area contributed by atoms with Gasteiger partial charge in [-0.25, -0.2) is 0 Å². The summed E-state index contributed by atoms with van der Waals surface area (Å²) in [6, 6.07) is 14.5. The van der Waals surface area contributed by atoms with Crippen molar-refractivity contribution in [3.63, 3.8) is 0 Å². The molecular formula is C26H26F3N5O2. The zero-order valence-electron chi connectivity index (χ0n) is 20.0. The molecule has 188 valence electrons. The molecule has 0 saturated carbocycles. The van der Waals surface area contributed by atoms with Gasteiger partial charge < -0.3 is 14.0 Å². The standard InChI is InChI=1S/C26H26F3N5O2/c1-3-34-21-10-5-4-7-18(21)16-22(34)25(35)33-13-11-32(12-14-33)17(2)24-30-23(31-36-24)19-8-6-9-20(15-19)26(27,28)29/h4-10,15-17H,3,11-14H2,1-2H3. The fourth-order valence-corrected chi connectivity index (χ4v) is 4.72. The number of benzene rings is 2. The minimum absolute atomic E-state index is 0.00461. The van der Waals surface area contributed by atoms with Crippen LogP contribution in [0.5, 0.6) is 0 Å². The number of piperazine rings is 1. The van der Waals surface area contributed by atoms with Gasteiger partial charge in [0.15, 0.2) is 0 Å². The van der Waals surface area contributed by atoms with Gasteiger partial charge in [-0.3, -0.25) is 9.69 Å². The van der Waals surface area contributed by atoms with Crippen molar-refractivity contribution < 1.29 is 22.5 Å². The minimum atomic E-state index is -4.45. The highest BCUT2D eigenvalue weighted by Gasteiger charge is 2.32. The number of hydrogen-bond acceptors (Lipinski definition) is 5. The number of aromatic nitrogens is 3. The van der Waals surface area contributed by atoms with Crippen LogP contribution in [0.15, 0.2) is 59.1 Å². The van der Waals surface area contributed by atoms with Crippen molar-refractivity contribution in [2.24, 2.45) is 0 Å². The second-order valence-electron chi connectivity index (χ2n) is 8.87. The lowest BCUT2D eigenvalue weighted by Crippen LogP contribution is -2.49. The number of aryl methyl sites for hydroxylation is 1. The monoisotopic (exact) mass is 497 g/mol. The van der Waals surface area contributed by atoms with Crippen molar-refractivity contribution in [3.8, 4) is 11.4 Å². The third kappa shape index (κ3) is 4.48. The van der Waals surface area contributed by atoms with Crippen LogP contribution in [-0.2, 0) is 12.7 Å². The lowest BCUT2D eigenvalue weighted by molar-refractivity contribution is -0.137. The van der Waals surface area contributed by atoms with Gasteiger partial charge in [0.25, 0.3) is 5.91 Å². The van der Waals surface area contributed by atoms with Crippen LogP contribution in [0.2, 0.25) is 0 Å². The zero-order valence-corrected chi connectivity index (χ0v) is 20.0. The summed E-state index contributed by atoms with van der Waals surface area (Å²) in [5, 5.41) is 4.95. The van der Waals surface area contributed by atoms with E-state index in [-0.39, 0.29) is 23.3 Å². The summed E-state index contributed by atoms with van der Waals surface area (Å²) in [5.41, 5.74) is 1.21. The highest BCUT2D eigenvalue weighted by atomic mass is 19.4. The molecule has 5 rings (SSSR count). The van der Waals surface area contributed by atoms with Gasteiger partial charge in [-0.2, -0.15) is 18.2 Å². The predicted octanol–water partition coefficient (Wildman–Crippen LogP) is 5.25. The molecule has 1 amide bonds. The van der Waals surface area contributed by atoms with Crippen LogP contribution < -0.4 is 0 Å². The topological polar surface area (TPSA) is 67.4 Å². The van der Waals surface area contributed by atoms with Crippen molar-refractivity contribution >= 4 is 16.8 Å². The lowest BCUT2D eigenvalue weighted by Gasteiger charge is -2.36. The molecule has 2 aromatic carbocycles. The van der Waals surface area contributed by atoms with E-state index in [9.17, 15) is 18.0 Å². The summed E-state index contributed by atoms with van der Waals surface area (Å²) in [6.07, 6.45) is -4.45. The van der Waals surface area contributed by atoms with Crippen LogP contribution in [-0.4, -0.2) is 56.6 Å². The Hall–Kier alpha value is -3.66. The summed E-state index contributed by atoms with van der Waals surface area (Å²) in [7, 11) is 0. The second kappa shape index (κ2) is 9.42. The van der Waals surface area contributed by atoms with Crippen molar-refractivity contribution in [3.05, 3.63) is 71.7 Å². The number of carbonyl (C=O) groups excluding carboxylic acids is 1. The Morgan fingerprint density at radius 2 is 1.81 bits per heavy atom. The Labute approximate surface area is 206 Å². The van der Waals surface area contributed by atoms with E-state index in [4.69, 9.17) is 4.52 Å². The second-order valence-corrected chi connectivity index (χ2v) is 8.87. The Kier molecular flexibility index (Phi) is 6.29. The number of para-hydroxylation sites is 1. The van der Waals surface area contributed by atoms with Crippen molar-refractivity contribution in [2.75, 3.05) is 26.2 Å². The SMILES string of the molecule is CCn1c(C(=O)N2CCN(C(C)c3nc(-c4cccc(C(F)(F)F)c4)no3)CC2)cc2ccccc21. The number of fused-ring (bicyclic) bond motifs is 1. The Bertz CT molecular complexity index is 1390. The number of hydrogen-bond donors (Lipinski definition) is 0. The van der Waals surface area contributed by atoms with Gasteiger partial charge in [-0.05, 0) is 38.1 Å². The Balaban J connectivity index is 1.26. The number of carbonyl (C=O) groups is 1. The fourth-order valence-electron chi connectivity index (χ4n) is 4.72. The summed E-state index contributed by atoms with van der Waals surface area (Å²) in [5.74, 6) is 0.447. The molecule has 0 aliphatic carbocycles. The Morgan fingerprint density at radius 3 is 2.53 bits per heavy atom. The average Bonchev–Trinajstić information content (AvgIpc) is 3.53. The number of halogens is 3. The molecule has 2 aromatic heterocycles. The van der Waals surface area contributed by atoms with Crippen LogP contribution in [0.3, 0.4) is 0 Å². The molecule has 1 saturated heterocycles.